The number of hydrogen-bond acceptors (Lipinski definition) is 6. The number of nitrogens with one attached hydrogen (secondary N) is 1. The number of esters is 1. The topological polar surface area (TPSA) is 92.5 Å². The number of methoxy groups -OCH3 is 1. The van der Waals surface area contributed by atoms with E-state index >= 15 is 0 Å². The summed E-state index contributed by atoms with van der Waals surface area (Å²) in [5.41, 5.74) is -1.50. The van der Waals surface area contributed by atoms with E-state index in [1.807, 2.05) is 54.6 Å². The molecule has 2 aliphatic rings. The Labute approximate surface area is 210 Å². The van der Waals surface area contributed by atoms with Crippen molar-refractivity contribution in [2.45, 2.75) is 24.0 Å². The fourth-order valence-electron chi connectivity index (χ4n) is 5.85. The molecule has 1 fully saturated rings. The lowest BCUT2D eigenvalue weighted by atomic mass is 9.70. The van der Waals surface area contributed by atoms with Gasteiger partial charge in [-0.15, -0.1) is 0 Å². The minimum Gasteiger partial charge on any atom is -0.476 e. The van der Waals surface area contributed by atoms with Crippen molar-refractivity contribution in [3.05, 3.63) is 93.2 Å². The molecular formula is C26H22BrClN2O4. The van der Waals surface area contributed by atoms with Gasteiger partial charge in [0.2, 0.25) is 0 Å². The van der Waals surface area contributed by atoms with E-state index < -0.39 is 34.9 Å². The van der Waals surface area contributed by atoms with Gasteiger partial charge in [0, 0.05) is 34.3 Å². The molecule has 3 aromatic rings. The first kappa shape index (κ1) is 23.0. The van der Waals surface area contributed by atoms with E-state index in [1.54, 1.807) is 13.0 Å². The Morgan fingerprint density at radius 1 is 1.21 bits per heavy atom. The van der Waals surface area contributed by atoms with Gasteiger partial charge in [-0.25, -0.2) is 0 Å². The molecule has 0 saturated heterocycles. The highest BCUT2D eigenvalue weighted by Crippen LogP contribution is 2.70. The van der Waals surface area contributed by atoms with E-state index in [0.29, 0.717) is 16.3 Å². The molecule has 0 radical (unpaired) electrons. The number of hydrogen-bond donors (Lipinski definition) is 2. The summed E-state index contributed by atoms with van der Waals surface area (Å²) in [7, 11) is 1.32. The molecule has 2 N–H and O–H groups in total. The summed E-state index contributed by atoms with van der Waals surface area (Å²) < 4.78 is 12.8. The number of rotatable bonds is 4. The van der Waals surface area contributed by atoms with Crippen molar-refractivity contribution in [1.82, 2.24) is 4.98 Å². The van der Waals surface area contributed by atoms with Gasteiger partial charge in [-0.1, -0.05) is 70.0 Å². The maximum absolute atomic E-state index is 13.3. The molecule has 2 heterocycles. The van der Waals surface area contributed by atoms with E-state index in [4.69, 9.17) is 26.5 Å². The summed E-state index contributed by atoms with van der Waals surface area (Å²) in [5, 5.41) is 21.8. The van der Waals surface area contributed by atoms with Crippen molar-refractivity contribution in [2.75, 3.05) is 7.11 Å². The zero-order chi connectivity index (χ0) is 24.3. The monoisotopic (exact) mass is 540 g/mol. The van der Waals surface area contributed by atoms with Crippen molar-refractivity contribution in [1.29, 1.82) is 5.41 Å². The van der Waals surface area contributed by atoms with Gasteiger partial charge in [0.05, 0.1) is 18.1 Å². The van der Waals surface area contributed by atoms with Gasteiger partial charge in [-0.3, -0.25) is 9.78 Å². The highest BCUT2D eigenvalue weighted by atomic mass is 79.9. The predicted octanol–water partition coefficient (Wildman–Crippen LogP) is 5.22. The third kappa shape index (κ3) is 3.00. The van der Waals surface area contributed by atoms with E-state index in [1.165, 1.54) is 13.3 Å². The molecule has 0 unspecified atom stereocenters. The van der Waals surface area contributed by atoms with Crippen molar-refractivity contribution >= 4 is 39.2 Å². The molecule has 2 aromatic carbocycles. The van der Waals surface area contributed by atoms with Crippen LogP contribution in [0.25, 0.3) is 0 Å². The molecule has 1 aromatic heterocycles. The number of benzene rings is 2. The molecule has 1 aliphatic heterocycles. The predicted molar refractivity (Wildman–Crippen MR) is 131 cm³/mol. The molecule has 34 heavy (non-hydrogen) atoms. The molecular weight excluding hydrogens is 520 g/mol. The Bertz CT molecular complexity index is 1290. The summed E-state index contributed by atoms with van der Waals surface area (Å²) in [6.07, 6.45) is 1.44. The van der Waals surface area contributed by atoms with Gasteiger partial charge < -0.3 is 20.0 Å². The molecule has 0 bridgehead atoms. The molecule has 8 heteroatoms. The van der Waals surface area contributed by atoms with Gasteiger partial charge >= 0.3 is 5.97 Å². The van der Waals surface area contributed by atoms with E-state index in [-0.39, 0.29) is 11.4 Å². The molecule has 6 nitrogen and oxygen atoms in total. The Morgan fingerprint density at radius 2 is 1.88 bits per heavy atom. The lowest BCUT2D eigenvalue weighted by Crippen LogP contribution is -2.51. The highest BCUT2D eigenvalue weighted by molar-refractivity contribution is 9.10. The number of carbonyl (C=O) groups is 1. The standard InChI is InChI=1S/C26H22BrClN2O4/c1-14(29)21-20(24(31)33-2)22(15-6-4-3-5-7-15)26(16-8-10-17(27)11-9-16)25(21,32)23-19(34-26)12-18(28)13-30-23/h3-13,20-22,29,32H,1-2H3/t20-,21-,22+,25+,26-/m0/s1. The van der Waals surface area contributed by atoms with Crippen LogP contribution in [0.1, 0.15) is 29.7 Å². The second kappa shape index (κ2) is 8.18. The summed E-state index contributed by atoms with van der Waals surface area (Å²) in [4.78, 5) is 17.8. The van der Waals surface area contributed by atoms with Crippen molar-refractivity contribution in [3.8, 4) is 5.75 Å². The SMILES string of the molecule is COC(=O)[C@@H]1[C@@H](c2ccccc2)[C@]2(c3ccc(Br)cc3)Oc3cc(Cl)cnc3[C@]2(O)[C@H]1C(C)=N. The van der Waals surface area contributed by atoms with Gasteiger partial charge in [0.25, 0.3) is 0 Å². The van der Waals surface area contributed by atoms with Crippen LogP contribution < -0.4 is 4.74 Å². The smallest absolute Gasteiger partial charge is 0.310 e. The lowest BCUT2D eigenvalue weighted by Gasteiger charge is -2.41. The van der Waals surface area contributed by atoms with Crippen LogP contribution in [0.4, 0.5) is 0 Å². The minimum absolute atomic E-state index is 0.131. The number of nitrogens with zero attached hydrogens (tertiary/aromatic N) is 1. The number of fused-ring (bicyclic) bond motifs is 3. The maximum atomic E-state index is 13.3. The molecule has 5 rings (SSSR count). The first-order chi connectivity index (χ1) is 16.3. The molecule has 0 amide bonds. The average molecular weight is 542 g/mol. The maximum Gasteiger partial charge on any atom is 0.310 e. The number of aliphatic hydroxyl groups is 1. The summed E-state index contributed by atoms with van der Waals surface area (Å²) in [6, 6.07) is 18.5. The minimum atomic E-state index is -1.84. The van der Waals surface area contributed by atoms with E-state index in [0.717, 1.165) is 10.0 Å². The van der Waals surface area contributed by atoms with Crippen LogP contribution in [0.15, 0.2) is 71.3 Å². The normalized spacial score (nSPS) is 29.1. The zero-order valence-electron chi connectivity index (χ0n) is 18.5. The van der Waals surface area contributed by atoms with Gasteiger partial charge in [-0.2, -0.15) is 0 Å². The van der Waals surface area contributed by atoms with Crippen LogP contribution in [-0.4, -0.2) is 28.9 Å². The summed E-state index contributed by atoms with van der Waals surface area (Å²) in [5.74, 6) is -2.74. The van der Waals surface area contributed by atoms with E-state index in [9.17, 15) is 9.90 Å². The van der Waals surface area contributed by atoms with Crippen LogP contribution in [-0.2, 0) is 20.7 Å². The molecule has 1 saturated carbocycles. The van der Waals surface area contributed by atoms with Crippen molar-refractivity contribution < 1.29 is 19.4 Å². The van der Waals surface area contributed by atoms with Gasteiger partial charge in [0.1, 0.15) is 11.4 Å². The second-order valence-electron chi connectivity index (χ2n) is 8.71. The van der Waals surface area contributed by atoms with Crippen molar-refractivity contribution in [2.24, 2.45) is 11.8 Å². The number of aromatic nitrogens is 1. The fourth-order valence-corrected chi connectivity index (χ4v) is 6.26. The Morgan fingerprint density at radius 3 is 2.50 bits per heavy atom. The number of carbonyl (C=O) groups excluding carboxylic acids is 1. The Kier molecular flexibility index (Phi) is 5.54. The zero-order valence-corrected chi connectivity index (χ0v) is 20.8. The third-order valence-corrected chi connectivity index (χ3v) is 7.73. The van der Waals surface area contributed by atoms with Crippen LogP contribution in [0.3, 0.4) is 0 Å². The van der Waals surface area contributed by atoms with Gasteiger partial charge in [-0.05, 0) is 30.2 Å². The summed E-state index contributed by atoms with van der Waals surface area (Å²) >= 11 is 9.72. The fraction of sp³-hybridized carbons (Fsp3) is 0.269. The molecule has 0 spiro atoms. The van der Waals surface area contributed by atoms with Crippen LogP contribution in [0.2, 0.25) is 5.02 Å². The second-order valence-corrected chi connectivity index (χ2v) is 10.1. The number of pyridine rings is 1. The lowest BCUT2D eigenvalue weighted by molar-refractivity contribution is -0.147. The molecule has 5 atom stereocenters. The van der Waals surface area contributed by atoms with Crippen LogP contribution in [0.5, 0.6) is 5.75 Å². The van der Waals surface area contributed by atoms with Gasteiger partial charge in [0.15, 0.2) is 11.2 Å². The van der Waals surface area contributed by atoms with Crippen LogP contribution >= 0.6 is 27.5 Å². The molecule has 174 valence electrons. The first-order valence-corrected chi connectivity index (χ1v) is 11.9. The Balaban J connectivity index is 1.92. The van der Waals surface area contributed by atoms with Crippen molar-refractivity contribution in [3.63, 3.8) is 0 Å². The largest absolute Gasteiger partial charge is 0.476 e. The highest BCUT2D eigenvalue weighted by Gasteiger charge is 2.78. The number of ether oxygens (including phenoxy) is 2. The van der Waals surface area contributed by atoms with E-state index in [2.05, 4.69) is 20.9 Å². The van der Waals surface area contributed by atoms with Crippen LogP contribution in [0, 0.1) is 17.2 Å². The average Bonchev–Trinajstić information content (AvgIpc) is 3.21. The number of halogens is 2. The third-order valence-electron chi connectivity index (χ3n) is 7.00. The molecule has 1 aliphatic carbocycles. The Hall–Kier alpha value is -2.74. The first-order valence-electron chi connectivity index (χ1n) is 10.8. The quantitative estimate of drug-likeness (QED) is 0.349. The summed E-state index contributed by atoms with van der Waals surface area (Å²) in [6.45, 7) is 1.59.